The van der Waals surface area contributed by atoms with E-state index in [0.29, 0.717) is 18.7 Å². The van der Waals surface area contributed by atoms with Crippen LogP contribution in [0, 0.1) is 6.92 Å². The molecule has 142 valence electrons. The van der Waals surface area contributed by atoms with Gasteiger partial charge in [0.1, 0.15) is 0 Å². The minimum absolute atomic E-state index is 0.108. The number of carbonyl (C=O) groups excluding carboxylic acids is 1. The maximum Gasteiger partial charge on any atom is 0.363 e. The molecule has 3 rings (SSSR count). The van der Waals surface area contributed by atoms with Crippen molar-refractivity contribution in [1.82, 2.24) is 4.31 Å². The first-order valence-corrected chi connectivity index (χ1v) is 10.9. The van der Waals surface area contributed by atoms with Crippen LogP contribution in [-0.4, -0.2) is 37.7 Å². The fraction of sp³-hybridized carbons (Fsp3) is 0.263. The van der Waals surface area contributed by atoms with Crippen LogP contribution in [0.3, 0.4) is 0 Å². The van der Waals surface area contributed by atoms with Gasteiger partial charge in [-0.3, -0.25) is 0 Å². The summed E-state index contributed by atoms with van der Waals surface area (Å²) < 4.78 is 32.1. The Labute approximate surface area is 162 Å². The molecule has 2 heterocycles. The van der Waals surface area contributed by atoms with Crippen molar-refractivity contribution in [3.8, 4) is 0 Å². The molecule has 8 heteroatoms. The molecule has 1 aromatic carbocycles. The number of ether oxygens (including phenoxy) is 1. The summed E-state index contributed by atoms with van der Waals surface area (Å²) in [5.74, 6) is -0.438. The number of thiophene rings is 1. The molecule has 0 fully saturated rings. The molecule has 0 saturated carbocycles. The van der Waals surface area contributed by atoms with Gasteiger partial charge in [-0.2, -0.15) is 4.31 Å². The zero-order valence-corrected chi connectivity index (χ0v) is 16.9. The van der Waals surface area contributed by atoms with E-state index < -0.39 is 16.0 Å². The molecule has 0 N–H and O–H groups in total. The Morgan fingerprint density at radius 1 is 1.22 bits per heavy atom. The Balaban J connectivity index is 1.96. The van der Waals surface area contributed by atoms with Crippen LogP contribution in [0.15, 0.2) is 51.3 Å². The molecule has 0 spiro atoms. The predicted octanol–water partition coefficient (Wildman–Crippen LogP) is 3.43. The lowest BCUT2D eigenvalue weighted by atomic mass is 10.2. The van der Waals surface area contributed by atoms with E-state index in [9.17, 15) is 13.2 Å². The first kappa shape index (κ1) is 19.5. The molecule has 27 heavy (non-hydrogen) atoms. The third kappa shape index (κ3) is 3.87. The highest BCUT2D eigenvalue weighted by Gasteiger charge is 2.27. The topological polar surface area (TPSA) is 76.0 Å². The zero-order chi connectivity index (χ0) is 19.6. The van der Waals surface area contributed by atoms with Gasteiger partial charge in [-0.1, -0.05) is 19.9 Å². The first-order chi connectivity index (χ1) is 12.9. The number of rotatable bonds is 6. The van der Waals surface area contributed by atoms with Crippen molar-refractivity contribution in [2.24, 2.45) is 4.99 Å². The van der Waals surface area contributed by atoms with E-state index in [2.05, 4.69) is 4.99 Å². The second kappa shape index (κ2) is 7.75. The van der Waals surface area contributed by atoms with Crippen LogP contribution < -0.4 is 0 Å². The number of esters is 1. The quantitative estimate of drug-likeness (QED) is 0.546. The summed E-state index contributed by atoms with van der Waals surface area (Å²) in [7, 11) is -3.60. The number of aliphatic imine (C=N–C) groups is 1. The lowest BCUT2D eigenvalue weighted by Gasteiger charge is -2.18. The number of hydrogen-bond acceptors (Lipinski definition) is 6. The number of cyclic esters (lactones) is 1. The van der Waals surface area contributed by atoms with Crippen molar-refractivity contribution in [3.63, 3.8) is 0 Å². The molecular weight excluding hydrogens is 384 g/mol. The highest BCUT2D eigenvalue weighted by Crippen LogP contribution is 2.25. The molecule has 1 aromatic heterocycles. The van der Waals surface area contributed by atoms with E-state index in [1.165, 1.54) is 27.8 Å². The summed E-state index contributed by atoms with van der Waals surface area (Å²) in [4.78, 5) is 17.5. The van der Waals surface area contributed by atoms with E-state index in [1.807, 2.05) is 18.4 Å². The van der Waals surface area contributed by atoms with E-state index in [4.69, 9.17) is 4.74 Å². The van der Waals surface area contributed by atoms with E-state index in [-0.39, 0.29) is 16.5 Å². The largest absolute Gasteiger partial charge is 0.402 e. The average molecular weight is 405 g/mol. The van der Waals surface area contributed by atoms with Crippen molar-refractivity contribution in [1.29, 1.82) is 0 Å². The van der Waals surface area contributed by atoms with Gasteiger partial charge in [0.25, 0.3) is 0 Å². The number of carbonyl (C=O) groups is 1. The Bertz CT molecular complexity index is 1030. The fourth-order valence-corrected chi connectivity index (χ4v) is 5.05. The number of benzene rings is 1. The zero-order valence-electron chi connectivity index (χ0n) is 15.3. The first-order valence-electron chi connectivity index (χ1n) is 8.54. The minimum Gasteiger partial charge on any atom is -0.402 e. The lowest BCUT2D eigenvalue weighted by molar-refractivity contribution is -0.129. The number of aryl methyl sites for hydroxylation is 1. The highest BCUT2D eigenvalue weighted by atomic mass is 32.2. The summed E-state index contributed by atoms with van der Waals surface area (Å²) in [6.07, 6.45) is 1.69. The Hall–Kier alpha value is -2.29. The molecule has 0 saturated heterocycles. The second-order valence-electron chi connectivity index (χ2n) is 5.92. The summed E-state index contributed by atoms with van der Waals surface area (Å²) in [6.45, 7) is 6.29. The summed E-state index contributed by atoms with van der Waals surface area (Å²) in [6, 6.07) is 8.27. The molecule has 0 bridgehead atoms. The highest BCUT2D eigenvalue weighted by molar-refractivity contribution is 7.89. The SMILES string of the molecule is CCN(CC)S(=O)(=O)c1cccc(C2=N/C(=C\c3sccc3C)C(=O)O2)c1. The van der Waals surface area contributed by atoms with E-state index in [1.54, 1.807) is 32.1 Å². The third-order valence-electron chi connectivity index (χ3n) is 4.21. The minimum atomic E-state index is -3.60. The molecule has 0 aliphatic carbocycles. The van der Waals surface area contributed by atoms with Crippen LogP contribution in [0.1, 0.15) is 29.9 Å². The fourth-order valence-electron chi connectivity index (χ4n) is 2.69. The normalized spacial score (nSPS) is 16.1. The summed E-state index contributed by atoms with van der Waals surface area (Å²) >= 11 is 1.51. The summed E-state index contributed by atoms with van der Waals surface area (Å²) in [5, 5.41) is 1.94. The van der Waals surface area contributed by atoms with Crippen molar-refractivity contribution < 1.29 is 17.9 Å². The van der Waals surface area contributed by atoms with Gasteiger partial charge in [0, 0.05) is 23.5 Å². The number of sulfonamides is 1. The Kier molecular flexibility index (Phi) is 5.59. The van der Waals surface area contributed by atoms with Gasteiger partial charge in [0.05, 0.1) is 4.90 Å². The van der Waals surface area contributed by atoms with Crippen LogP contribution in [-0.2, 0) is 19.6 Å². The predicted molar refractivity (Wildman–Crippen MR) is 106 cm³/mol. The van der Waals surface area contributed by atoms with Gasteiger partial charge in [-0.15, -0.1) is 11.3 Å². The van der Waals surface area contributed by atoms with Gasteiger partial charge in [-0.25, -0.2) is 18.2 Å². The van der Waals surface area contributed by atoms with Crippen LogP contribution >= 0.6 is 11.3 Å². The van der Waals surface area contributed by atoms with Gasteiger partial charge in [0.2, 0.25) is 15.9 Å². The maximum atomic E-state index is 12.7. The van der Waals surface area contributed by atoms with Gasteiger partial charge in [0.15, 0.2) is 5.70 Å². The molecule has 1 aliphatic heterocycles. The molecule has 1 aliphatic rings. The van der Waals surface area contributed by atoms with E-state index >= 15 is 0 Å². The molecule has 2 aromatic rings. The van der Waals surface area contributed by atoms with Gasteiger partial charge in [-0.05, 0) is 48.2 Å². The maximum absolute atomic E-state index is 12.7. The van der Waals surface area contributed by atoms with Crippen LogP contribution in [0.5, 0.6) is 0 Å². The smallest absolute Gasteiger partial charge is 0.363 e. The standard InChI is InChI=1S/C19H20N2O4S2/c1-4-21(5-2)27(23,24)15-8-6-7-14(11-15)18-20-16(19(22)25-18)12-17-13(3)9-10-26-17/h6-12H,4-5H2,1-3H3/b16-12-. The van der Waals surface area contributed by atoms with Crippen LogP contribution in [0.4, 0.5) is 0 Å². The summed E-state index contributed by atoms with van der Waals surface area (Å²) in [5.41, 5.74) is 1.70. The molecule has 6 nitrogen and oxygen atoms in total. The van der Waals surface area contributed by atoms with Gasteiger partial charge >= 0.3 is 5.97 Å². The number of hydrogen-bond donors (Lipinski definition) is 0. The second-order valence-corrected chi connectivity index (χ2v) is 8.81. The molecule has 0 radical (unpaired) electrons. The van der Waals surface area contributed by atoms with Crippen LogP contribution in [0.25, 0.3) is 6.08 Å². The average Bonchev–Trinajstić information content (AvgIpc) is 3.22. The lowest BCUT2D eigenvalue weighted by Crippen LogP contribution is -2.30. The number of nitrogens with zero attached hydrogens (tertiary/aromatic N) is 2. The van der Waals surface area contributed by atoms with Crippen molar-refractivity contribution in [2.75, 3.05) is 13.1 Å². The molecular formula is C19H20N2O4S2. The monoisotopic (exact) mass is 404 g/mol. The van der Waals surface area contributed by atoms with Crippen molar-refractivity contribution in [2.45, 2.75) is 25.7 Å². The Morgan fingerprint density at radius 3 is 2.59 bits per heavy atom. The molecule has 0 amide bonds. The third-order valence-corrected chi connectivity index (χ3v) is 7.23. The van der Waals surface area contributed by atoms with E-state index in [0.717, 1.165) is 10.4 Å². The van der Waals surface area contributed by atoms with Crippen LogP contribution in [0.2, 0.25) is 0 Å². The van der Waals surface area contributed by atoms with Crippen molar-refractivity contribution in [3.05, 3.63) is 57.4 Å². The molecule has 0 unspecified atom stereocenters. The van der Waals surface area contributed by atoms with Crippen molar-refractivity contribution >= 4 is 39.3 Å². The Morgan fingerprint density at radius 2 is 1.96 bits per heavy atom. The molecule has 0 atom stereocenters. The van der Waals surface area contributed by atoms with Gasteiger partial charge < -0.3 is 4.74 Å².